The molecule has 0 aliphatic carbocycles. The molecule has 0 spiro atoms. The number of rotatable bonds is 6. The molecule has 0 bridgehead atoms. The normalized spacial score (nSPS) is 12.7. The summed E-state index contributed by atoms with van der Waals surface area (Å²) < 4.78 is 0. The van der Waals surface area contributed by atoms with Gasteiger partial charge in [0, 0.05) is 16.3 Å². The molecule has 1 nitrogen and oxygen atoms in total. The summed E-state index contributed by atoms with van der Waals surface area (Å²) in [6, 6.07) is 20.5. The Morgan fingerprint density at radius 1 is 0.722 bits per heavy atom. The van der Waals surface area contributed by atoms with E-state index in [1.807, 2.05) is 0 Å². The minimum atomic E-state index is 0.0693. The lowest BCUT2D eigenvalue weighted by atomic mass is 9.83. The summed E-state index contributed by atoms with van der Waals surface area (Å²) in [6.07, 6.45) is 10.1. The summed E-state index contributed by atoms with van der Waals surface area (Å²) in [5.41, 5.74) is 10.8. The number of nitrogens with one attached hydrogen (secondary N) is 1. The van der Waals surface area contributed by atoms with Crippen LogP contribution in [-0.4, -0.2) is 4.98 Å². The molecule has 4 aromatic rings. The number of aromatic amines is 1. The average Bonchev–Trinajstić information content (AvgIpc) is 3.19. The Kier molecular flexibility index (Phi) is 7.32. The lowest BCUT2D eigenvalue weighted by Crippen LogP contribution is -2.11. The third-order valence-electron chi connectivity index (χ3n) is 7.11. The number of hydrogen-bond acceptors (Lipinski definition) is 0. The second-order valence-electron chi connectivity index (χ2n) is 12.5. The molecule has 0 aliphatic rings. The van der Waals surface area contributed by atoms with Crippen molar-refractivity contribution in [3.63, 3.8) is 0 Å². The molecule has 0 amide bonds. The molecule has 36 heavy (non-hydrogen) atoms. The van der Waals surface area contributed by atoms with Gasteiger partial charge in [-0.3, -0.25) is 0 Å². The molecule has 0 fully saturated rings. The van der Waals surface area contributed by atoms with Gasteiger partial charge in [-0.15, -0.1) is 0 Å². The SMILES string of the molecule is CC(C)=CCC/C=C\Cc1cc(C(C)(C)C)cc2c1[nH]c1c(-c3ccccc3)cc(C(C)(C)C)cc12. The van der Waals surface area contributed by atoms with Crippen LogP contribution < -0.4 is 0 Å². The first kappa shape index (κ1) is 26.0. The molecule has 1 heterocycles. The van der Waals surface area contributed by atoms with Gasteiger partial charge >= 0.3 is 0 Å². The molecule has 1 N–H and O–H groups in total. The van der Waals surface area contributed by atoms with E-state index in [9.17, 15) is 0 Å². The van der Waals surface area contributed by atoms with Crippen molar-refractivity contribution < 1.29 is 0 Å². The maximum absolute atomic E-state index is 3.89. The number of allylic oxidation sites excluding steroid dienone is 4. The minimum absolute atomic E-state index is 0.0693. The zero-order valence-electron chi connectivity index (χ0n) is 23.5. The number of aromatic nitrogens is 1. The highest BCUT2D eigenvalue weighted by atomic mass is 14.7. The largest absolute Gasteiger partial charge is 0.354 e. The van der Waals surface area contributed by atoms with Crippen LogP contribution in [0.2, 0.25) is 0 Å². The summed E-state index contributed by atoms with van der Waals surface area (Å²) in [5.74, 6) is 0. The molecule has 188 valence electrons. The summed E-state index contributed by atoms with van der Waals surface area (Å²) in [5, 5.41) is 2.67. The Morgan fingerprint density at radius 2 is 1.33 bits per heavy atom. The fourth-order valence-electron chi connectivity index (χ4n) is 4.85. The highest BCUT2D eigenvalue weighted by molar-refractivity contribution is 6.13. The predicted molar refractivity (Wildman–Crippen MR) is 160 cm³/mol. The molecule has 0 saturated heterocycles. The Bertz CT molecular complexity index is 1410. The highest BCUT2D eigenvalue weighted by Crippen LogP contribution is 2.40. The predicted octanol–water partition coefficient (Wildman–Crippen LogP) is 10.4. The molecular formula is C35H43N. The van der Waals surface area contributed by atoms with Gasteiger partial charge in [0.15, 0.2) is 0 Å². The van der Waals surface area contributed by atoms with Crippen molar-refractivity contribution in [2.45, 2.75) is 85.5 Å². The van der Waals surface area contributed by atoms with E-state index in [1.165, 1.54) is 55.2 Å². The van der Waals surface area contributed by atoms with E-state index in [0.717, 1.165) is 19.3 Å². The molecule has 4 rings (SSSR count). The smallest absolute Gasteiger partial charge is 0.0544 e. The lowest BCUT2D eigenvalue weighted by Gasteiger charge is -2.21. The van der Waals surface area contributed by atoms with Gasteiger partial charge in [0.2, 0.25) is 0 Å². The molecule has 0 saturated carbocycles. The van der Waals surface area contributed by atoms with E-state index >= 15 is 0 Å². The van der Waals surface area contributed by atoms with E-state index in [-0.39, 0.29) is 10.8 Å². The van der Waals surface area contributed by atoms with Crippen LogP contribution in [0.25, 0.3) is 32.9 Å². The molecule has 3 aromatic carbocycles. The van der Waals surface area contributed by atoms with Crippen LogP contribution in [0.3, 0.4) is 0 Å². The Hall–Kier alpha value is -3.06. The van der Waals surface area contributed by atoms with Gasteiger partial charge < -0.3 is 4.98 Å². The third kappa shape index (κ3) is 5.67. The zero-order valence-corrected chi connectivity index (χ0v) is 23.5. The van der Waals surface area contributed by atoms with Crippen molar-refractivity contribution in [1.29, 1.82) is 0 Å². The number of fused-ring (bicyclic) bond motifs is 3. The molecular weight excluding hydrogens is 434 g/mol. The number of benzene rings is 3. The molecule has 0 aliphatic heterocycles. The Labute approximate surface area is 218 Å². The fraction of sp³-hybridized carbons (Fsp3) is 0.371. The average molecular weight is 478 g/mol. The van der Waals surface area contributed by atoms with Crippen LogP contribution in [0.5, 0.6) is 0 Å². The summed E-state index contributed by atoms with van der Waals surface area (Å²) >= 11 is 0. The molecule has 0 radical (unpaired) electrons. The molecule has 1 heteroatoms. The second kappa shape index (κ2) is 10.1. The maximum atomic E-state index is 3.89. The zero-order chi connectivity index (χ0) is 26.1. The first-order valence-electron chi connectivity index (χ1n) is 13.4. The summed E-state index contributed by atoms with van der Waals surface area (Å²) in [7, 11) is 0. The van der Waals surface area contributed by atoms with E-state index in [4.69, 9.17) is 0 Å². The van der Waals surface area contributed by atoms with Gasteiger partial charge in [0.1, 0.15) is 0 Å². The van der Waals surface area contributed by atoms with Crippen molar-refractivity contribution in [2.24, 2.45) is 0 Å². The van der Waals surface area contributed by atoms with Crippen LogP contribution in [0.4, 0.5) is 0 Å². The van der Waals surface area contributed by atoms with Gasteiger partial charge in [0.25, 0.3) is 0 Å². The second-order valence-corrected chi connectivity index (χ2v) is 12.5. The van der Waals surface area contributed by atoms with Crippen LogP contribution >= 0.6 is 0 Å². The number of hydrogen-bond donors (Lipinski definition) is 1. The molecule has 1 aromatic heterocycles. The van der Waals surface area contributed by atoms with Gasteiger partial charge in [0.05, 0.1) is 11.0 Å². The van der Waals surface area contributed by atoms with E-state index < -0.39 is 0 Å². The van der Waals surface area contributed by atoms with E-state index in [1.54, 1.807) is 0 Å². The van der Waals surface area contributed by atoms with Crippen molar-refractivity contribution in [2.75, 3.05) is 0 Å². The van der Waals surface area contributed by atoms with Gasteiger partial charge in [-0.1, -0.05) is 102 Å². The first-order chi connectivity index (χ1) is 16.9. The van der Waals surface area contributed by atoms with Crippen LogP contribution in [0.1, 0.15) is 84.9 Å². The Morgan fingerprint density at radius 3 is 1.94 bits per heavy atom. The van der Waals surface area contributed by atoms with Gasteiger partial charge in [-0.05, 0) is 84.4 Å². The monoisotopic (exact) mass is 477 g/mol. The fourth-order valence-corrected chi connectivity index (χ4v) is 4.85. The van der Waals surface area contributed by atoms with Gasteiger partial charge in [-0.2, -0.15) is 0 Å². The van der Waals surface area contributed by atoms with E-state index in [0.29, 0.717) is 0 Å². The third-order valence-corrected chi connectivity index (χ3v) is 7.11. The lowest BCUT2D eigenvalue weighted by molar-refractivity contribution is 0.590. The highest BCUT2D eigenvalue weighted by Gasteiger charge is 2.22. The van der Waals surface area contributed by atoms with Crippen molar-refractivity contribution in [1.82, 2.24) is 4.98 Å². The standard InChI is InChI=1S/C35H43N/c1-24(2)16-12-9-10-13-19-26-20-27(34(3,4)5)22-30-31-23-28(35(6,7)8)21-29(33(31)36-32(26)30)25-17-14-11-15-18-25/h10-11,13-18,20-23,36H,9,12,19H2,1-8H3/b13-10-. The van der Waals surface area contributed by atoms with Crippen LogP contribution in [0.15, 0.2) is 78.4 Å². The van der Waals surface area contributed by atoms with E-state index in [2.05, 4.69) is 133 Å². The van der Waals surface area contributed by atoms with Crippen molar-refractivity contribution >= 4 is 21.8 Å². The van der Waals surface area contributed by atoms with Crippen LogP contribution in [-0.2, 0) is 17.3 Å². The maximum Gasteiger partial charge on any atom is 0.0544 e. The van der Waals surface area contributed by atoms with Crippen molar-refractivity contribution in [3.05, 3.63) is 95.1 Å². The minimum Gasteiger partial charge on any atom is -0.354 e. The topological polar surface area (TPSA) is 15.8 Å². The quantitative estimate of drug-likeness (QED) is 0.210. The molecule has 0 unspecified atom stereocenters. The molecule has 0 atom stereocenters. The Balaban J connectivity index is 1.93. The first-order valence-corrected chi connectivity index (χ1v) is 13.4. The van der Waals surface area contributed by atoms with Gasteiger partial charge in [-0.25, -0.2) is 0 Å². The summed E-state index contributed by atoms with van der Waals surface area (Å²) in [6.45, 7) is 18.2. The van der Waals surface area contributed by atoms with Crippen LogP contribution in [0, 0.1) is 0 Å². The summed E-state index contributed by atoms with van der Waals surface area (Å²) in [4.78, 5) is 3.89. The number of H-pyrrole nitrogens is 1. The van der Waals surface area contributed by atoms with Crippen molar-refractivity contribution in [3.8, 4) is 11.1 Å². The number of unbranched alkanes of at least 4 members (excludes halogenated alkanes) is 1.